The van der Waals surface area contributed by atoms with Crippen LogP contribution in [0.5, 0.6) is 0 Å². The number of nitrogens with two attached hydrogens (primary N) is 1. The van der Waals surface area contributed by atoms with Gasteiger partial charge in [0.15, 0.2) is 0 Å². The summed E-state index contributed by atoms with van der Waals surface area (Å²) in [6, 6.07) is 1.80. The molecule has 18 heavy (non-hydrogen) atoms. The van der Waals surface area contributed by atoms with E-state index in [2.05, 4.69) is 14.7 Å². The van der Waals surface area contributed by atoms with E-state index in [0.717, 1.165) is 10.2 Å². The van der Waals surface area contributed by atoms with E-state index in [1.807, 2.05) is 5.38 Å². The Morgan fingerprint density at radius 2 is 2.11 bits per heavy atom. The van der Waals surface area contributed by atoms with E-state index < -0.39 is 12.8 Å². The van der Waals surface area contributed by atoms with Gasteiger partial charge in [-0.3, -0.25) is 0 Å². The molecule has 2 rings (SSSR count). The van der Waals surface area contributed by atoms with Gasteiger partial charge in [0.05, 0.1) is 12.0 Å². The largest absolute Gasteiger partial charge is 0.411 e. The first-order valence-electron chi connectivity index (χ1n) is 5.10. The van der Waals surface area contributed by atoms with Gasteiger partial charge in [0, 0.05) is 6.42 Å². The van der Waals surface area contributed by atoms with Crippen LogP contribution in [0.15, 0.2) is 11.4 Å². The summed E-state index contributed by atoms with van der Waals surface area (Å²) < 4.78 is 40.0. The van der Waals surface area contributed by atoms with Crippen LogP contribution in [-0.2, 0) is 11.2 Å². The molecule has 2 aromatic heterocycles. The van der Waals surface area contributed by atoms with Crippen molar-refractivity contribution in [2.45, 2.75) is 12.6 Å². The highest BCUT2D eigenvalue weighted by Crippen LogP contribution is 2.23. The molecule has 0 saturated heterocycles. The Morgan fingerprint density at radius 3 is 2.83 bits per heavy atom. The number of anilines is 1. The molecule has 0 spiro atoms. The lowest BCUT2D eigenvalue weighted by Gasteiger charge is -2.07. The summed E-state index contributed by atoms with van der Waals surface area (Å²) in [5.41, 5.74) is 5.71. The Morgan fingerprint density at radius 1 is 1.33 bits per heavy atom. The molecule has 0 saturated carbocycles. The van der Waals surface area contributed by atoms with E-state index in [-0.39, 0.29) is 13.0 Å². The molecule has 0 atom stereocenters. The lowest BCUT2D eigenvalue weighted by molar-refractivity contribution is -0.173. The van der Waals surface area contributed by atoms with Gasteiger partial charge in [-0.15, -0.1) is 11.3 Å². The number of ether oxygens (including phenoxy) is 1. The normalized spacial score (nSPS) is 12.2. The van der Waals surface area contributed by atoms with E-state index in [0.29, 0.717) is 11.6 Å². The molecule has 2 aromatic rings. The van der Waals surface area contributed by atoms with Crippen LogP contribution in [0.1, 0.15) is 5.82 Å². The molecule has 4 nitrogen and oxygen atoms in total. The zero-order valence-corrected chi connectivity index (χ0v) is 10.0. The minimum absolute atomic E-state index is 0.0875. The molecule has 0 fully saturated rings. The zero-order chi connectivity index (χ0) is 13.2. The van der Waals surface area contributed by atoms with E-state index in [9.17, 15) is 13.2 Å². The second-order valence-corrected chi connectivity index (χ2v) is 4.48. The third kappa shape index (κ3) is 3.30. The van der Waals surface area contributed by atoms with Gasteiger partial charge in [0.1, 0.15) is 23.1 Å². The third-order valence-electron chi connectivity index (χ3n) is 2.14. The third-order valence-corrected chi connectivity index (χ3v) is 2.94. The van der Waals surface area contributed by atoms with Gasteiger partial charge in [-0.1, -0.05) is 0 Å². The number of hydrogen-bond donors (Lipinski definition) is 1. The Balaban J connectivity index is 1.95. The monoisotopic (exact) mass is 277 g/mol. The van der Waals surface area contributed by atoms with Crippen LogP contribution in [0.25, 0.3) is 10.2 Å². The molecule has 0 aromatic carbocycles. The van der Waals surface area contributed by atoms with Crippen molar-refractivity contribution >= 4 is 27.4 Å². The number of hydrogen-bond acceptors (Lipinski definition) is 5. The van der Waals surface area contributed by atoms with Crippen LogP contribution in [0.4, 0.5) is 19.0 Å². The predicted molar refractivity (Wildman–Crippen MR) is 62.4 cm³/mol. The number of halogens is 3. The van der Waals surface area contributed by atoms with Crippen molar-refractivity contribution in [1.29, 1.82) is 0 Å². The molecule has 2 heterocycles. The number of nitrogen functional groups attached to an aromatic ring is 1. The maximum atomic E-state index is 11.8. The lowest BCUT2D eigenvalue weighted by atomic mass is 10.3. The predicted octanol–water partition coefficient (Wildman–Crippen LogP) is 2.39. The minimum atomic E-state index is -4.31. The highest BCUT2D eigenvalue weighted by Gasteiger charge is 2.27. The van der Waals surface area contributed by atoms with Crippen molar-refractivity contribution in [2.75, 3.05) is 18.9 Å². The summed E-state index contributed by atoms with van der Waals surface area (Å²) >= 11 is 1.41. The molecule has 0 radical (unpaired) electrons. The van der Waals surface area contributed by atoms with Crippen molar-refractivity contribution in [3.05, 3.63) is 17.3 Å². The first-order valence-corrected chi connectivity index (χ1v) is 5.98. The van der Waals surface area contributed by atoms with Gasteiger partial charge >= 0.3 is 6.18 Å². The molecular weight excluding hydrogens is 267 g/mol. The quantitative estimate of drug-likeness (QED) is 0.872. The molecule has 0 amide bonds. The average Bonchev–Trinajstić information content (AvgIpc) is 2.71. The Labute approximate surface area is 105 Å². The van der Waals surface area contributed by atoms with Gasteiger partial charge in [0.2, 0.25) is 0 Å². The smallest absolute Gasteiger partial charge is 0.383 e. The molecule has 2 N–H and O–H groups in total. The molecular formula is C10H10F3N3OS. The van der Waals surface area contributed by atoms with Gasteiger partial charge in [0.25, 0.3) is 0 Å². The van der Waals surface area contributed by atoms with E-state index in [1.165, 1.54) is 11.3 Å². The van der Waals surface area contributed by atoms with E-state index in [4.69, 9.17) is 5.73 Å². The van der Waals surface area contributed by atoms with Crippen molar-refractivity contribution in [1.82, 2.24) is 9.97 Å². The molecule has 98 valence electrons. The highest BCUT2D eigenvalue weighted by molar-refractivity contribution is 7.16. The van der Waals surface area contributed by atoms with Gasteiger partial charge < -0.3 is 10.5 Å². The van der Waals surface area contributed by atoms with Crippen molar-refractivity contribution in [3.63, 3.8) is 0 Å². The topological polar surface area (TPSA) is 61.0 Å². The Hall–Kier alpha value is -1.41. The molecule has 0 aliphatic rings. The average molecular weight is 277 g/mol. The Kier molecular flexibility index (Phi) is 3.67. The summed E-state index contributed by atoms with van der Waals surface area (Å²) in [7, 11) is 0. The SMILES string of the molecule is Nc1nc(CCOCC(F)(F)F)nc2sccc12. The summed E-state index contributed by atoms with van der Waals surface area (Å²) in [6.45, 7) is -1.35. The minimum Gasteiger partial charge on any atom is -0.383 e. The second-order valence-electron chi connectivity index (χ2n) is 3.58. The van der Waals surface area contributed by atoms with E-state index in [1.54, 1.807) is 6.07 Å². The van der Waals surface area contributed by atoms with Crippen LogP contribution >= 0.6 is 11.3 Å². The van der Waals surface area contributed by atoms with Crippen LogP contribution in [0, 0.1) is 0 Å². The Bertz CT molecular complexity index is 541. The lowest BCUT2D eigenvalue weighted by Crippen LogP contribution is -2.18. The standard InChI is InChI=1S/C10H10F3N3OS/c11-10(12,13)5-17-3-1-7-15-8(14)6-2-4-18-9(6)16-7/h2,4H,1,3,5H2,(H2,14,15,16). The van der Waals surface area contributed by atoms with Gasteiger partial charge in [-0.25, -0.2) is 9.97 Å². The summed E-state index contributed by atoms with van der Waals surface area (Å²) in [4.78, 5) is 8.95. The van der Waals surface area contributed by atoms with Gasteiger partial charge in [-0.05, 0) is 11.4 Å². The second kappa shape index (κ2) is 5.07. The molecule has 0 aliphatic heterocycles. The van der Waals surface area contributed by atoms with Crippen LogP contribution < -0.4 is 5.73 Å². The zero-order valence-electron chi connectivity index (χ0n) is 9.20. The maximum Gasteiger partial charge on any atom is 0.411 e. The van der Waals surface area contributed by atoms with Crippen LogP contribution in [-0.4, -0.2) is 29.4 Å². The van der Waals surface area contributed by atoms with Crippen molar-refractivity contribution in [3.8, 4) is 0 Å². The van der Waals surface area contributed by atoms with E-state index >= 15 is 0 Å². The maximum absolute atomic E-state index is 11.8. The molecule has 0 aliphatic carbocycles. The van der Waals surface area contributed by atoms with Crippen LogP contribution in [0.2, 0.25) is 0 Å². The number of fused-ring (bicyclic) bond motifs is 1. The number of aromatic nitrogens is 2. The molecule has 0 unspecified atom stereocenters. The first kappa shape index (κ1) is 13.0. The summed E-state index contributed by atoms with van der Waals surface area (Å²) in [6.07, 6.45) is -4.11. The number of thiophene rings is 1. The fourth-order valence-corrected chi connectivity index (χ4v) is 2.18. The molecule has 0 bridgehead atoms. The summed E-state index contributed by atoms with van der Waals surface area (Å²) in [5.74, 6) is 0.733. The molecule has 8 heteroatoms. The summed E-state index contributed by atoms with van der Waals surface area (Å²) in [5, 5.41) is 2.60. The fraction of sp³-hybridized carbons (Fsp3) is 0.400. The number of nitrogens with zero attached hydrogens (tertiary/aromatic N) is 2. The number of rotatable bonds is 4. The van der Waals surface area contributed by atoms with Crippen molar-refractivity contribution < 1.29 is 17.9 Å². The van der Waals surface area contributed by atoms with Crippen molar-refractivity contribution in [2.24, 2.45) is 0 Å². The van der Waals surface area contributed by atoms with Gasteiger partial charge in [-0.2, -0.15) is 13.2 Å². The number of alkyl halides is 3. The highest BCUT2D eigenvalue weighted by atomic mass is 32.1. The fourth-order valence-electron chi connectivity index (χ4n) is 1.39. The van der Waals surface area contributed by atoms with Crippen LogP contribution in [0.3, 0.4) is 0 Å². The first-order chi connectivity index (χ1) is 8.46.